The number of amides is 1. The second kappa shape index (κ2) is 7.87. The van der Waals surface area contributed by atoms with Crippen molar-refractivity contribution in [2.24, 2.45) is 5.92 Å². The first-order valence-electron chi connectivity index (χ1n) is 8.51. The lowest BCUT2D eigenvalue weighted by Gasteiger charge is -2.32. The molecule has 26 heavy (non-hydrogen) atoms. The Bertz CT molecular complexity index is 832. The van der Waals surface area contributed by atoms with Gasteiger partial charge in [0.05, 0.1) is 10.6 Å². The van der Waals surface area contributed by atoms with Crippen molar-refractivity contribution in [3.05, 3.63) is 70.0 Å². The molecule has 136 valence electrons. The number of halogens is 2. The third kappa shape index (κ3) is 4.05. The van der Waals surface area contributed by atoms with Crippen LogP contribution in [0.3, 0.4) is 0 Å². The molecule has 0 atom stereocenters. The highest BCUT2D eigenvalue weighted by Gasteiger charge is 2.25. The van der Waals surface area contributed by atoms with E-state index < -0.39 is 11.8 Å². The minimum atomic E-state index is -0.915. The Labute approximate surface area is 156 Å². The zero-order chi connectivity index (χ0) is 18.7. The van der Waals surface area contributed by atoms with Gasteiger partial charge in [0.15, 0.2) is 0 Å². The van der Waals surface area contributed by atoms with Gasteiger partial charge in [-0.1, -0.05) is 29.8 Å². The van der Waals surface area contributed by atoms with Gasteiger partial charge in [-0.3, -0.25) is 4.79 Å². The van der Waals surface area contributed by atoms with Gasteiger partial charge >= 0.3 is 5.97 Å². The summed E-state index contributed by atoms with van der Waals surface area (Å²) in [5.41, 5.74) is 1.55. The van der Waals surface area contributed by atoms with E-state index in [9.17, 15) is 19.1 Å². The SMILES string of the molecule is O=C(O)c1ccccc1CC1CCN(C(=O)c2ccc(F)c(Cl)c2)CC1. The van der Waals surface area contributed by atoms with Crippen LogP contribution >= 0.6 is 11.6 Å². The predicted molar refractivity (Wildman–Crippen MR) is 97.1 cm³/mol. The average Bonchev–Trinajstić information content (AvgIpc) is 2.64. The number of carbonyl (C=O) groups is 2. The quantitative estimate of drug-likeness (QED) is 0.868. The lowest BCUT2D eigenvalue weighted by atomic mass is 9.88. The van der Waals surface area contributed by atoms with Crippen LogP contribution < -0.4 is 0 Å². The second-order valence-electron chi connectivity index (χ2n) is 6.53. The first-order valence-corrected chi connectivity index (χ1v) is 8.89. The summed E-state index contributed by atoms with van der Waals surface area (Å²) in [6.45, 7) is 1.18. The number of likely N-dealkylation sites (tertiary alicyclic amines) is 1. The molecule has 6 heteroatoms. The Morgan fingerprint density at radius 2 is 1.85 bits per heavy atom. The maximum absolute atomic E-state index is 13.3. The molecule has 0 radical (unpaired) electrons. The standard InChI is InChI=1S/C20H19ClFNO3/c21-17-12-15(5-6-18(17)22)19(24)23-9-7-13(8-10-23)11-14-3-1-2-4-16(14)20(25)26/h1-6,12-13H,7-11H2,(H,25,26). The molecule has 0 spiro atoms. The fourth-order valence-electron chi connectivity index (χ4n) is 3.37. The van der Waals surface area contributed by atoms with E-state index in [2.05, 4.69) is 0 Å². The van der Waals surface area contributed by atoms with Gasteiger partial charge in [0.25, 0.3) is 5.91 Å². The maximum atomic E-state index is 13.3. The lowest BCUT2D eigenvalue weighted by Crippen LogP contribution is -2.39. The Morgan fingerprint density at radius 1 is 1.15 bits per heavy atom. The van der Waals surface area contributed by atoms with Crippen LogP contribution in [0.25, 0.3) is 0 Å². The van der Waals surface area contributed by atoms with E-state index in [1.54, 1.807) is 17.0 Å². The molecule has 0 bridgehead atoms. The van der Waals surface area contributed by atoms with Gasteiger partial charge < -0.3 is 10.0 Å². The van der Waals surface area contributed by atoms with Crippen molar-refractivity contribution >= 4 is 23.5 Å². The summed E-state index contributed by atoms with van der Waals surface area (Å²) >= 11 is 5.76. The molecule has 2 aromatic carbocycles. The van der Waals surface area contributed by atoms with Gasteiger partial charge in [-0.2, -0.15) is 0 Å². The van der Waals surface area contributed by atoms with Crippen molar-refractivity contribution in [3.63, 3.8) is 0 Å². The monoisotopic (exact) mass is 375 g/mol. The summed E-state index contributed by atoms with van der Waals surface area (Å²) in [4.78, 5) is 25.6. The van der Waals surface area contributed by atoms with Gasteiger partial charge in [0.2, 0.25) is 0 Å². The number of benzene rings is 2. The molecule has 1 aliphatic heterocycles. The van der Waals surface area contributed by atoms with Crippen LogP contribution in [0.5, 0.6) is 0 Å². The van der Waals surface area contributed by atoms with Gasteiger partial charge in [0, 0.05) is 18.7 Å². The fourth-order valence-corrected chi connectivity index (χ4v) is 3.55. The predicted octanol–water partition coefficient (Wildman–Crippen LogP) is 4.27. The highest BCUT2D eigenvalue weighted by Crippen LogP contribution is 2.25. The van der Waals surface area contributed by atoms with E-state index in [1.807, 2.05) is 12.1 Å². The van der Waals surface area contributed by atoms with Crippen LogP contribution in [0.2, 0.25) is 5.02 Å². The second-order valence-corrected chi connectivity index (χ2v) is 6.94. The molecule has 0 saturated carbocycles. The van der Waals surface area contributed by atoms with E-state index in [-0.39, 0.29) is 10.9 Å². The van der Waals surface area contributed by atoms with Crippen molar-refractivity contribution in [1.29, 1.82) is 0 Å². The molecule has 1 amide bonds. The number of nitrogens with zero attached hydrogens (tertiary/aromatic N) is 1. The molecular weight excluding hydrogens is 357 g/mol. The number of rotatable bonds is 4. The molecule has 2 aromatic rings. The van der Waals surface area contributed by atoms with Gasteiger partial charge in [-0.25, -0.2) is 9.18 Å². The number of aromatic carboxylic acids is 1. The third-order valence-electron chi connectivity index (χ3n) is 4.82. The molecular formula is C20H19ClFNO3. The third-order valence-corrected chi connectivity index (χ3v) is 5.11. The number of carboxylic acid groups (broad SMARTS) is 1. The Balaban J connectivity index is 1.61. The van der Waals surface area contributed by atoms with Gasteiger partial charge in [-0.05, 0) is 55.0 Å². The molecule has 1 aliphatic rings. The van der Waals surface area contributed by atoms with Crippen LogP contribution in [0.15, 0.2) is 42.5 Å². The summed E-state index contributed by atoms with van der Waals surface area (Å²) in [5, 5.41) is 9.23. The molecule has 4 nitrogen and oxygen atoms in total. The summed E-state index contributed by atoms with van der Waals surface area (Å²) in [5.74, 6) is -1.28. The van der Waals surface area contributed by atoms with E-state index >= 15 is 0 Å². The van der Waals surface area contributed by atoms with E-state index in [0.717, 1.165) is 18.4 Å². The highest BCUT2D eigenvalue weighted by molar-refractivity contribution is 6.31. The van der Waals surface area contributed by atoms with Crippen molar-refractivity contribution in [3.8, 4) is 0 Å². The molecule has 1 fully saturated rings. The average molecular weight is 376 g/mol. The number of carboxylic acids is 1. The maximum Gasteiger partial charge on any atom is 0.335 e. The molecule has 1 saturated heterocycles. The smallest absolute Gasteiger partial charge is 0.335 e. The van der Waals surface area contributed by atoms with Gasteiger partial charge in [-0.15, -0.1) is 0 Å². The van der Waals surface area contributed by atoms with Crippen molar-refractivity contribution < 1.29 is 19.1 Å². The van der Waals surface area contributed by atoms with Crippen LogP contribution in [-0.2, 0) is 6.42 Å². The zero-order valence-corrected chi connectivity index (χ0v) is 14.9. The topological polar surface area (TPSA) is 57.6 Å². The van der Waals surface area contributed by atoms with Crippen LogP contribution in [0, 0.1) is 11.7 Å². The first-order chi connectivity index (χ1) is 12.5. The Hall–Kier alpha value is -2.40. The fraction of sp³-hybridized carbons (Fsp3) is 0.300. The molecule has 3 rings (SSSR count). The van der Waals surface area contributed by atoms with Gasteiger partial charge in [0.1, 0.15) is 5.82 Å². The van der Waals surface area contributed by atoms with E-state index in [0.29, 0.717) is 36.6 Å². The molecule has 1 N–H and O–H groups in total. The normalized spacial score (nSPS) is 15.1. The number of hydrogen-bond donors (Lipinski definition) is 1. The largest absolute Gasteiger partial charge is 0.478 e. The van der Waals surface area contributed by atoms with Crippen molar-refractivity contribution in [2.45, 2.75) is 19.3 Å². The molecule has 1 heterocycles. The summed E-state index contributed by atoms with van der Waals surface area (Å²) in [6.07, 6.45) is 2.29. The van der Waals surface area contributed by atoms with E-state index in [4.69, 9.17) is 11.6 Å². The number of piperidine rings is 1. The Morgan fingerprint density at radius 3 is 2.50 bits per heavy atom. The van der Waals surface area contributed by atoms with Crippen LogP contribution in [0.1, 0.15) is 39.1 Å². The highest BCUT2D eigenvalue weighted by atomic mass is 35.5. The van der Waals surface area contributed by atoms with Crippen molar-refractivity contribution in [2.75, 3.05) is 13.1 Å². The molecule has 0 aliphatic carbocycles. The Kier molecular flexibility index (Phi) is 5.57. The lowest BCUT2D eigenvalue weighted by molar-refractivity contribution is 0.0690. The summed E-state index contributed by atoms with van der Waals surface area (Å²) in [7, 11) is 0. The van der Waals surface area contributed by atoms with E-state index in [1.165, 1.54) is 18.2 Å². The zero-order valence-electron chi connectivity index (χ0n) is 14.1. The summed E-state index contributed by atoms with van der Waals surface area (Å²) in [6, 6.07) is 11.0. The van der Waals surface area contributed by atoms with Crippen LogP contribution in [-0.4, -0.2) is 35.0 Å². The number of hydrogen-bond acceptors (Lipinski definition) is 2. The molecule has 0 aromatic heterocycles. The minimum Gasteiger partial charge on any atom is -0.478 e. The first kappa shape index (κ1) is 18.4. The van der Waals surface area contributed by atoms with Crippen LogP contribution in [0.4, 0.5) is 4.39 Å². The summed E-state index contributed by atoms with van der Waals surface area (Å²) < 4.78 is 13.3. The van der Waals surface area contributed by atoms with Crippen molar-refractivity contribution in [1.82, 2.24) is 4.90 Å². The number of carbonyl (C=O) groups excluding carboxylic acids is 1. The minimum absolute atomic E-state index is 0.0592. The molecule has 0 unspecified atom stereocenters.